The number of thioether (sulfide) groups is 1. The predicted molar refractivity (Wildman–Crippen MR) is 81.0 cm³/mol. The van der Waals surface area contributed by atoms with Crippen LogP contribution in [0.5, 0.6) is 0 Å². The van der Waals surface area contributed by atoms with Crippen molar-refractivity contribution in [3.8, 4) is 0 Å². The number of hydrogen-bond acceptors (Lipinski definition) is 4. The molecule has 0 bridgehead atoms. The second kappa shape index (κ2) is 8.17. The third-order valence-electron chi connectivity index (χ3n) is 2.47. The summed E-state index contributed by atoms with van der Waals surface area (Å²) >= 11 is 7.16. The molecule has 0 radical (unpaired) electrons. The molecule has 2 atom stereocenters. The van der Waals surface area contributed by atoms with Crippen molar-refractivity contribution in [3.63, 3.8) is 0 Å². The van der Waals surface area contributed by atoms with Crippen molar-refractivity contribution in [2.24, 2.45) is 0 Å². The second-order valence-corrected chi connectivity index (χ2v) is 6.04. The molecule has 0 heterocycles. The maximum atomic E-state index is 11.9. The number of halogens is 1. The molecule has 0 saturated heterocycles. The molecule has 1 aromatic carbocycles. The summed E-state index contributed by atoms with van der Waals surface area (Å²) in [5, 5.41) is 2.86. The van der Waals surface area contributed by atoms with Crippen LogP contribution in [-0.2, 0) is 14.3 Å². The maximum absolute atomic E-state index is 11.9. The quantitative estimate of drug-likeness (QED) is 0.648. The zero-order valence-electron chi connectivity index (χ0n) is 11.7. The molecule has 0 fully saturated rings. The first-order valence-corrected chi connectivity index (χ1v) is 7.60. The van der Waals surface area contributed by atoms with Crippen LogP contribution in [0.15, 0.2) is 29.2 Å². The van der Waals surface area contributed by atoms with Gasteiger partial charge in [-0.05, 0) is 45.0 Å². The first-order valence-electron chi connectivity index (χ1n) is 6.34. The summed E-state index contributed by atoms with van der Waals surface area (Å²) in [6.45, 7) is 5.62. The molecule has 0 saturated carbocycles. The summed E-state index contributed by atoms with van der Waals surface area (Å²) < 4.78 is 5.12. The van der Waals surface area contributed by atoms with E-state index in [2.05, 4.69) is 5.32 Å². The van der Waals surface area contributed by atoms with Gasteiger partial charge in [-0.3, -0.25) is 9.59 Å². The SMILES string of the molecule is CCNC(=O)[C@H](C)OC(=O)[C@@H](C)Sc1ccc(Cl)cc1. The van der Waals surface area contributed by atoms with E-state index in [0.29, 0.717) is 11.6 Å². The fourth-order valence-corrected chi connectivity index (χ4v) is 2.39. The van der Waals surface area contributed by atoms with Crippen LogP contribution in [0.1, 0.15) is 20.8 Å². The Balaban J connectivity index is 2.50. The topological polar surface area (TPSA) is 55.4 Å². The maximum Gasteiger partial charge on any atom is 0.319 e. The standard InChI is InChI=1S/C14H18ClNO3S/c1-4-16-13(17)9(2)19-14(18)10(3)20-12-7-5-11(15)6-8-12/h5-10H,4H2,1-3H3,(H,16,17)/t9-,10+/m0/s1. The van der Waals surface area contributed by atoms with Crippen molar-refractivity contribution in [1.29, 1.82) is 0 Å². The Labute approximate surface area is 128 Å². The van der Waals surface area contributed by atoms with E-state index in [0.717, 1.165) is 4.90 Å². The van der Waals surface area contributed by atoms with Gasteiger partial charge >= 0.3 is 5.97 Å². The Morgan fingerprint density at radius 2 is 1.90 bits per heavy atom. The van der Waals surface area contributed by atoms with Crippen molar-refractivity contribution in [3.05, 3.63) is 29.3 Å². The van der Waals surface area contributed by atoms with E-state index in [1.54, 1.807) is 26.0 Å². The van der Waals surface area contributed by atoms with Gasteiger partial charge in [0, 0.05) is 16.5 Å². The summed E-state index contributed by atoms with van der Waals surface area (Å²) in [6, 6.07) is 7.20. The summed E-state index contributed by atoms with van der Waals surface area (Å²) in [6.07, 6.45) is -0.782. The molecule has 20 heavy (non-hydrogen) atoms. The minimum atomic E-state index is -0.782. The molecule has 4 nitrogen and oxygen atoms in total. The summed E-state index contributed by atoms with van der Waals surface area (Å²) in [5.74, 6) is -0.701. The third-order valence-corrected chi connectivity index (χ3v) is 3.81. The molecule has 0 aromatic heterocycles. The minimum Gasteiger partial charge on any atom is -0.452 e. The van der Waals surface area contributed by atoms with Gasteiger partial charge in [-0.2, -0.15) is 0 Å². The molecule has 0 aliphatic rings. The van der Waals surface area contributed by atoms with E-state index in [1.165, 1.54) is 11.8 Å². The normalized spacial score (nSPS) is 13.4. The van der Waals surface area contributed by atoms with Crippen LogP contribution in [0.25, 0.3) is 0 Å². The first kappa shape index (κ1) is 16.9. The van der Waals surface area contributed by atoms with Gasteiger partial charge in [0.15, 0.2) is 6.10 Å². The zero-order valence-corrected chi connectivity index (χ0v) is 13.3. The molecule has 1 rings (SSSR count). The Morgan fingerprint density at radius 3 is 2.45 bits per heavy atom. The van der Waals surface area contributed by atoms with Gasteiger partial charge in [-0.1, -0.05) is 11.6 Å². The molecule has 0 aliphatic heterocycles. The molecule has 1 amide bonds. The number of amides is 1. The van der Waals surface area contributed by atoms with Crippen LogP contribution < -0.4 is 5.32 Å². The second-order valence-electron chi connectivity index (χ2n) is 4.19. The van der Waals surface area contributed by atoms with Crippen LogP contribution in [0.4, 0.5) is 0 Å². The van der Waals surface area contributed by atoms with Crippen LogP contribution in [0.2, 0.25) is 5.02 Å². The van der Waals surface area contributed by atoms with Crippen LogP contribution in [-0.4, -0.2) is 29.8 Å². The summed E-state index contributed by atoms with van der Waals surface area (Å²) in [7, 11) is 0. The van der Waals surface area contributed by atoms with Crippen LogP contribution >= 0.6 is 23.4 Å². The number of rotatable bonds is 6. The van der Waals surface area contributed by atoms with E-state index in [1.807, 2.05) is 19.1 Å². The molecule has 0 spiro atoms. The first-order chi connectivity index (χ1) is 9.43. The van der Waals surface area contributed by atoms with E-state index in [4.69, 9.17) is 16.3 Å². The Hall–Kier alpha value is -1.20. The van der Waals surface area contributed by atoms with Gasteiger partial charge in [0.2, 0.25) is 0 Å². The fraction of sp³-hybridized carbons (Fsp3) is 0.429. The van der Waals surface area contributed by atoms with Gasteiger partial charge in [-0.15, -0.1) is 11.8 Å². The number of carbonyl (C=O) groups excluding carboxylic acids is 2. The number of carbonyl (C=O) groups is 2. The van der Waals surface area contributed by atoms with Crippen molar-refractivity contribution in [1.82, 2.24) is 5.32 Å². The highest BCUT2D eigenvalue weighted by Gasteiger charge is 2.22. The van der Waals surface area contributed by atoms with Gasteiger partial charge in [0.25, 0.3) is 5.91 Å². The Morgan fingerprint density at radius 1 is 1.30 bits per heavy atom. The molecular formula is C14H18ClNO3S. The number of likely N-dealkylation sites (N-methyl/N-ethyl adjacent to an activating group) is 1. The lowest BCUT2D eigenvalue weighted by molar-refractivity contribution is -0.153. The monoisotopic (exact) mass is 315 g/mol. The van der Waals surface area contributed by atoms with Crippen molar-refractivity contribution in [2.45, 2.75) is 37.0 Å². The van der Waals surface area contributed by atoms with Gasteiger partial charge in [0.05, 0.1) is 0 Å². The van der Waals surface area contributed by atoms with E-state index >= 15 is 0 Å². The average Bonchev–Trinajstić information content (AvgIpc) is 2.41. The predicted octanol–water partition coefficient (Wildman–Crippen LogP) is 2.89. The number of ether oxygens (including phenoxy) is 1. The fourth-order valence-electron chi connectivity index (χ4n) is 1.41. The lowest BCUT2D eigenvalue weighted by Gasteiger charge is -2.16. The lowest BCUT2D eigenvalue weighted by Crippen LogP contribution is -2.37. The van der Waals surface area contributed by atoms with Gasteiger partial charge in [-0.25, -0.2) is 0 Å². The molecule has 0 aliphatic carbocycles. The molecule has 1 N–H and O–H groups in total. The van der Waals surface area contributed by atoms with Gasteiger partial charge in [0.1, 0.15) is 5.25 Å². The number of esters is 1. The highest BCUT2D eigenvalue weighted by molar-refractivity contribution is 8.00. The highest BCUT2D eigenvalue weighted by atomic mass is 35.5. The van der Waals surface area contributed by atoms with Crippen LogP contribution in [0, 0.1) is 0 Å². The smallest absolute Gasteiger partial charge is 0.319 e. The van der Waals surface area contributed by atoms with E-state index in [-0.39, 0.29) is 5.91 Å². The molecular weight excluding hydrogens is 298 g/mol. The minimum absolute atomic E-state index is 0.287. The van der Waals surface area contributed by atoms with Crippen molar-refractivity contribution < 1.29 is 14.3 Å². The molecule has 110 valence electrons. The van der Waals surface area contributed by atoms with Crippen LogP contribution in [0.3, 0.4) is 0 Å². The van der Waals surface area contributed by atoms with Gasteiger partial charge < -0.3 is 10.1 Å². The Kier molecular flexibility index (Phi) is 6.88. The average molecular weight is 316 g/mol. The summed E-state index contributed by atoms with van der Waals surface area (Å²) in [5.41, 5.74) is 0. The molecule has 6 heteroatoms. The number of nitrogens with one attached hydrogen (secondary N) is 1. The molecule has 1 aromatic rings. The number of benzene rings is 1. The highest BCUT2D eigenvalue weighted by Crippen LogP contribution is 2.25. The third kappa shape index (κ3) is 5.43. The molecule has 0 unspecified atom stereocenters. The van der Waals surface area contributed by atoms with E-state index in [9.17, 15) is 9.59 Å². The Bertz CT molecular complexity index is 464. The van der Waals surface area contributed by atoms with Crippen molar-refractivity contribution >= 4 is 35.2 Å². The zero-order chi connectivity index (χ0) is 15.1. The summed E-state index contributed by atoms with van der Waals surface area (Å²) in [4.78, 5) is 24.3. The lowest BCUT2D eigenvalue weighted by atomic mass is 10.3. The van der Waals surface area contributed by atoms with Crippen molar-refractivity contribution in [2.75, 3.05) is 6.54 Å². The largest absolute Gasteiger partial charge is 0.452 e. The van der Waals surface area contributed by atoms with E-state index < -0.39 is 17.3 Å². The number of hydrogen-bond donors (Lipinski definition) is 1.